The third kappa shape index (κ3) is 4.57. The van der Waals surface area contributed by atoms with E-state index in [9.17, 15) is 23.1 Å². The molecule has 152 valence electrons. The van der Waals surface area contributed by atoms with Gasteiger partial charge in [0.15, 0.2) is 21.6 Å². The van der Waals surface area contributed by atoms with Crippen LogP contribution in [0.1, 0.15) is 11.1 Å². The molecule has 0 aliphatic carbocycles. The molecule has 3 rings (SSSR count). The number of rotatable bonds is 4. The summed E-state index contributed by atoms with van der Waals surface area (Å²) in [6.45, 7) is 0. The lowest BCUT2D eigenvalue weighted by molar-refractivity contribution is -0.137. The second-order valence-corrected chi connectivity index (χ2v) is 7.70. The summed E-state index contributed by atoms with van der Waals surface area (Å²) < 4.78 is 43.3. The van der Waals surface area contributed by atoms with Crippen molar-refractivity contribution < 1.29 is 27.8 Å². The number of aromatic nitrogens is 1. The van der Waals surface area contributed by atoms with E-state index in [1.54, 1.807) is 6.07 Å². The summed E-state index contributed by atoms with van der Waals surface area (Å²) in [6, 6.07) is 5.22. The number of amides is 1. The topological polar surface area (TPSA) is 74.7 Å². The molecule has 2 heterocycles. The lowest BCUT2D eigenvalue weighted by Crippen LogP contribution is -2.34. The summed E-state index contributed by atoms with van der Waals surface area (Å²) in [4.78, 5) is 16.5. The number of methoxy groups -OCH3 is 1. The number of carbonyl (C=O) groups excluding carboxylic acids is 1. The first-order chi connectivity index (χ1) is 13.6. The smallest absolute Gasteiger partial charge is 0.417 e. The molecule has 0 unspecified atom stereocenters. The number of thioether (sulfide) groups is 1. The number of nitrogens with one attached hydrogen (secondary N) is 1. The Labute approximate surface area is 177 Å². The third-order valence-electron chi connectivity index (χ3n) is 3.68. The van der Waals surface area contributed by atoms with Gasteiger partial charge in [-0.2, -0.15) is 18.2 Å². The van der Waals surface area contributed by atoms with Gasteiger partial charge in [0.1, 0.15) is 0 Å². The van der Waals surface area contributed by atoms with Gasteiger partial charge in [0, 0.05) is 6.20 Å². The largest absolute Gasteiger partial charge is 0.504 e. The minimum Gasteiger partial charge on any atom is -0.504 e. The minimum absolute atomic E-state index is 0.0538. The average Bonchev–Trinajstić information content (AvgIpc) is 2.91. The van der Waals surface area contributed by atoms with Crippen molar-refractivity contribution in [2.75, 3.05) is 12.5 Å². The fourth-order valence-electron chi connectivity index (χ4n) is 2.28. The Morgan fingerprint density at radius 1 is 1.38 bits per heavy atom. The van der Waals surface area contributed by atoms with Gasteiger partial charge >= 0.3 is 6.18 Å². The SMILES string of the molecule is COc1cc(/C=C2\SC(=S)N(Nc3ncc(C(F)(F)F)cc3Cl)C2=O)ccc1O. The molecule has 29 heavy (non-hydrogen) atoms. The quantitative estimate of drug-likeness (QED) is 0.505. The van der Waals surface area contributed by atoms with Gasteiger partial charge in [0.2, 0.25) is 0 Å². The number of anilines is 1. The number of hydrogen-bond donors (Lipinski definition) is 2. The first-order valence-corrected chi connectivity index (χ1v) is 9.35. The van der Waals surface area contributed by atoms with Gasteiger partial charge in [0.25, 0.3) is 5.91 Å². The molecule has 12 heteroatoms. The van der Waals surface area contributed by atoms with Gasteiger partial charge in [-0.3, -0.25) is 10.2 Å². The number of alkyl halides is 3. The van der Waals surface area contributed by atoms with E-state index < -0.39 is 17.6 Å². The Hall–Kier alpha value is -2.50. The maximum atomic E-state index is 12.7. The van der Waals surface area contributed by atoms with Crippen molar-refractivity contribution in [3.8, 4) is 11.5 Å². The molecule has 1 aliphatic heterocycles. The molecule has 1 aromatic heterocycles. The van der Waals surface area contributed by atoms with Crippen molar-refractivity contribution in [3.05, 3.63) is 51.5 Å². The van der Waals surface area contributed by atoms with Crippen LogP contribution in [0.3, 0.4) is 0 Å². The molecule has 1 saturated heterocycles. The molecule has 2 N–H and O–H groups in total. The summed E-state index contributed by atoms with van der Waals surface area (Å²) in [5.74, 6) is -0.511. The summed E-state index contributed by atoms with van der Waals surface area (Å²) in [5.41, 5.74) is 2.10. The second-order valence-electron chi connectivity index (χ2n) is 5.61. The lowest BCUT2D eigenvalue weighted by Gasteiger charge is -2.17. The molecule has 0 radical (unpaired) electrons. The number of nitrogens with zero attached hydrogens (tertiary/aromatic N) is 2. The zero-order valence-electron chi connectivity index (χ0n) is 14.5. The van der Waals surface area contributed by atoms with Crippen LogP contribution in [0.5, 0.6) is 11.5 Å². The molecule has 1 aliphatic rings. The van der Waals surface area contributed by atoms with Crippen LogP contribution in [0.15, 0.2) is 35.4 Å². The summed E-state index contributed by atoms with van der Waals surface area (Å²) in [6.07, 6.45) is -2.46. The number of pyridine rings is 1. The van der Waals surface area contributed by atoms with Crippen LogP contribution >= 0.6 is 35.6 Å². The van der Waals surface area contributed by atoms with Crippen molar-refractivity contribution in [1.29, 1.82) is 0 Å². The van der Waals surface area contributed by atoms with Crippen LogP contribution in [-0.2, 0) is 11.0 Å². The van der Waals surface area contributed by atoms with E-state index in [-0.39, 0.29) is 31.6 Å². The van der Waals surface area contributed by atoms with Crippen LogP contribution in [0.2, 0.25) is 5.02 Å². The highest BCUT2D eigenvalue weighted by molar-refractivity contribution is 8.26. The Morgan fingerprint density at radius 2 is 2.10 bits per heavy atom. The lowest BCUT2D eigenvalue weighted by atomic mass is 10.2. The number of halogens is 4. The van der Waals surface area contributed by atoms with Crippen LogP contribution < -0.4 is 10.2 Å². The summed E-state index contributed by atoms with van der Waals surface area (Å²) in [5, 5.41) is 10.3. The van der Waals surface area contributed by atoms with E-state index in [1.807, 2.05) is 0 Å². The van der Waals surface area contributed by atoms with Crippen molar-refractivity contribution in [2.45, 2.75) is 6.18 Å². The van der Waals surface area contributed by atoms with Gasteiger partial charge in [-0.25, -0.2) is 4.98 Å². The van der Waals surface area contributed by atoms with Gasteiger partial charge < -0.3 is 9.84 Å². The highest BCUT2D eigenvalue weighted by Crippen LogP contribution is 2.36. The number of thiocarbonyl (C=S) groups is 1. The molecule has 6 nitrogen and oxygen atoms in total. The van der Waals surface area contributed by atoms with Gasteiger partial charge in [-0.15, -0.1) is 0 Å². The van der Waals surface area contributed by atoms with Crippen molar-refractivity contribution in [1.82, 2.24) is 9.99 Å². The van der Waals surface area contributed by atoms with Crippen LogP contribution in [0.25, 0.3) is 6.08 Å². The monoisotopic (exact) mass is 461 g/mol. The predicted octanol–water partition coefficient (Wildman–Crippen LogP) is 4.70. The number of phenols is 1. The molecular formula is C17H11ClF3N3O3S2. The molecular weight excluding hydrogens is 451 g/mol. The summed E-state index contributed by atoms with van der Waals surface area (Å²) >= 11 is 12.0. The van der Waals surface area contributed by atoms with Crippen LogP contribution in [0.4, 0.5) is 19.0 Å². The maximum absolute atomic E-state index is 12.7. The van der Waals surface area contributed by atoms with Gasteiger partial charge in [0.05, 0.1) is 22.6 Å². The minimum atomic E-state index is -4.59. The van der Waals surface area contributed by atoms with Crippen LogP contribution in [-0.4, -0.2) is 32.4 Å². The molecule has 2 aromatic rings. The van der Waals surface area contributed by atoms with E-state index in [2.05, 4.69) is 10.4 Å². The normalized spacial score (nSPS) is 15.9. The zero-order valence-corrected chi connectivity index (χ0v) is 16.8. The molecule has 0 spiro atoms. The number of phenolic OH excluding ortho intramolecular Hbond substituents is 1. The number of hydrazine groups is 1. The van der Waals surface area contributed by atoms with E-state index in [1.165, 1.54) is 25.3 Å². The number of ether oxygens (including phenoxy) is 1. The molecule has 0 bridgehead atoms. The zero-order chi connectivity index (χ0) is 21.3. The highest BCUT2D eigenvalue weighted by atomic mass is 35.5. The number of carbonyl (C=O) groups is 1. The van der Waals surface area contributed by atoms with Gasteiger partial charge in [-0.1, -0.05) is 29.4 Å². The first kappa shape index (κ1) is 21.2. The highest BCUT2D eigenvalue weighted by Gasteiger charge is 2.35. The summed E-state index contributed by atoms with van der Waals surface area (Å²) in [7, 11) is 1.39. The van der Waals surface area contributed by atoms with Crippen LogP contribution in [0, 0.1) is 0 Å². The predicted molar refractivity (Wildman–Crippen MR) is 108 cm³/mol. The molecule has 1 fully saturated rings. The van der Waals surface area contributed by atoms with E-state index in [4.69, 9.17) is 28.6 Å². The average molecular weight is 462 g/mol. The van der Waals surface area contributed by atoms with E-state index in [0.717, 1.165) is 16.8 Å². The Kier molecular flexibility index (Phi) is 5.92. The molecule has 1 amide bonds. The Bertz CT molecular complexity index is 1030. The number of hydrogen-bond acceptors (Lipinski definition) is 7. The maximum Gasteiger partial charge on any atom is 0.417 e. The van der Waals surface area contributed by atoms with Crippen molar-refractivity contribution in [2.24, 2.45) is 0 Å². The number of benzene rings is 1. The van der Waals surface area contributed by atoms with Crippen molar-refractivity contribution >= 4 is 57.7 Å². The fourth-order valence-corrected chi connectivity index (χ4v) is 3.67. The van der Waals surface area contributed by atoms with E-state index in [0.29, 0.717) is 17.8 Å². The second kappa shape index (κ2) is 8.09. The number of aromatic hydroxyl groups is 1. The Balaban J connectivity index is 1.83. The standard InChI is InChI=1S/C17H11ClF3N3O3S2/c1-27-12-4-8(2-3-11(12)25)5-13-15(26)24(16(28)29-13)23-14-10(18)6-9(7-22-14)17(19,20)21/h2-7,25H,1H3,(H,22,23)/b13-5-. The first-order valence-electron chi connectivity index (χ1n) is 7.74. The third-order valence-corrected chi connectivity index (χ3v) is 5.27. The molecule has 0 saturated carbocycles. The van der Waals surface area contributed by atoms with E-state index >= 15 is 0 Å². The van der Waals surface area contributed by atoms with Crippen molar-refractivity contribution in [3.63, 3.8) is 0 Å². The molecule has 0 atom stereocenters. The molecule has 1 aromatic carbocycles. The van der Waals surface area contributed by atoms with Gasteiger partial charge in [-0.05, 0) is 42.1 Å². The fraction of sp³-hybridized carbons (Fsp3) is 0.118. The Morgan fingerprint density at radius 3 is 2.72 bits per heavy atom.